The van der Waals surface area contributed by atoms with Crippen molar-refractivity contribution in [1.82, 2.24) is 9.97 Å². The van der Waals surface area contributed by atoms with Gasteiger partial charge in [0.05, 0.1) is 5.56 Å². The van der Waals surface area contributed by atoms with Crippen molar-refractivity contribution in [2.24, 2.45) is 11.8 Å². The fraction of sp³-hybridized carbons (Fsp3) is 0.429. The molecule has 1 saturated carbocycles. The van der Waals surface area contributed by atoms with Gasteiger partial charge in [0.15, 0.2) is 11.6 Å². The first-order chi connectivity index (χ1) is 13.0. The van der Waals surface area contributed by atoms with Crippen LogP contribution in [-0.4, -0.2) is 15.1 Å². The summed E-state index contributed by atoms with van der Waals surface area (Å²) in [6, 6.07) is 3.20. The van der Waals surface area contributed by atoms with Crippen LogP contribution in [0.15, 0.2) is 35.6 Å². The van der Waals surface area contributed by atoms with Crippen molar-refractivity contribution in [1.29, 1.82) is 0 Å². The number of nitrogens with one attached hydrogen (secondary N) is 1. The molecule has 6 heteroatoms. The van der Waals surface area contributed by atoms with Crippen LogP contribution in [0.2, 0.25) is 0 Å². The molecule has 1 aromatic heterocycles. The van der Waals surface area contributed by atoms with E-state index in [0.29, 0.717) is 18.3 Å². The molecule has 0 saturated heterocycles. The van der Waals surface area contributed by atoms with E-state index in [-0.39, 0.29) is 22.8 Å². The molecule has 1 aromatic carbocycles. The van der Waals surface area contributed by atoms with Crippen LogP contribution in [0.5, 0.6) is 5.88 Å². The minimum absolute atomic E-state index is 0.0186. The molecule has 2 N–H and O–H groups in total. The Balaban J connectivity index is 1.68. The van der Waals surface area contributed by atoms with Crippen molar-refractivity contribution >= 4 is 0 Å². The van der Waals surface area contributed by atoms with Crippen LogP contribution in [-0.2, 0) is 6.42 Å². The summed E-state index contributed by atoms with van der Waals surface area (Å²) in [7, 11) is 0. The van der Waals surface area contributed by atoms with Gasteiger partial charge in [-0.1, -0.05) is 18.9 Å². The summed E-state index contributed by atoms with van der Waals surface area (Å²) in [5.41, 5.74) is 0.00511. The van der Waals surface area contributed by atoms with Crippen LogP contribution in [0.1, 0.15) is 44.1 Å². The number of hydrogen-bond donors (Lipinski definition) is 2. The lowest BCUT2D eigenvalue weighted by molar-refractivity contribution is 0.264. The lowest BCUT2D eigenvalue weighted by Gasteiger charge is -2.27. The first-order valence-corrected chi connectivity index (χ1v) is 9.36. The number of aromatic amines is 1. The minimum Gasteiger partial charge on any atom is -0.493 e. The molecule has 4 nitrogen and oxygen atoms in total. The highest BCUT2D eigenvalue weighted by Crippen LogP contribution is 2.33. The molecule has 0 radical (unpaired) electrons. The van der Waals surface area contributed by atoms with Crippen molar-refractivity contribution < 1.29 is 13.9 Å². The number of benzene rings is 1. The maximum absolute atomic E-state index is 13.4. The number of aromatic nitrogens is 2. The van der Waals surface area contributed by atoms with Gasteiger partial charge in [-0.05, 0) is 62.1 Å². The van der Waals surface area contributed by atoms with E-state index in [9.17, 15) is 18.7 Å². The maximum atomic E-state index is 13.4. The third-order valence-corrected chi connectivity index (χ3v) is 5.46. The molecule has 0 unspecified atom stereocenters. The SMILES string of the molecule is C=CCC1CCC(CCc2c(O)nc(-c3ccc(F)c(F)c3)[nH]c2=O)CC1. The first kappa shape index (κ1) is 19.3. The van der Waals surface area contributed by atoms with E-state index in [1.165, 1.54) is 18.9 Å². The fourth-order valence-electron chi connectivity index (χ4n) is 3.83. The summed E-state index contributed by atoms with van der Waals surface area (Å²) in [4.78, 5) is 18.9. The van der Waals surface area contributed by atoms with Gasteiger partial charge in [-0.2, -0.15) is 4.98 Å². The molecule has 0 bridgehead atoms. The van der Waals surface area contributed by atoms with Crippen LogP contribution in [0.3, 0.4) is 0 Å². The molecular weight excluding hydrogens is 350 g/mol. The van der Waals surface area contributed by atoms with Crippen LogP contribution < -0.4 is 5.56 Å². The fourth-order valence-corrected chi connectivity index (χ4v) is 3.83. The topological polar surface area (TPSA) is 66.0 Å². The van der Waals surface area contributed by atoms with Crippen molar-refractivity contribution in [3.05, 3.63) is 58.4 Å². The molecule has 0 spiro atoms. The van der Waals surface area contributed by atoms with E-state index in [1.807, 2.05) is 6.08 Å². The number of H-pyrrole nitrogens is 1. The highest BCUT2D eigenvalue weighted by atomic mass is 19.2. The van der Waals surface area contributed by atoms with E-state index in [2.05, 4.69) is 16.5 Å². The van der Waals surface area contributed by atoms with Gasteiger partial charge < -0.3 is 10.1 Å². The maximum Gasteiger partial charge on any atom is 0.258 e. The van der Waals surface area contributed by atoms with E-state index in [0.717, 1.165) is 37.8 Å². The number of aromatic hydroxyl groups is 1. The first-order valence-electron chi connectivity index (χ1n) is 9.36. The Morgan fingerprint density at radius 3 is 2.52 bits per heavy atom. The molecule has 2 aromatic rings. The second-order valence-corrected chi connectivity index (χ2v) is 7.30. The lowest BCUT2D eigenvalue weighted by Crippen LogP contribution is -2.19. The van der Waals surface area contributed by atoms with Crippen LogP contribution in [0, 0.1) is 23.5 Å². The number of nitrogens with zero attached hydrogens (tertiary/aromatic N) is 1. The Labute approximate surface area is 157 Å². The second-order valence-electron chi connectivity index (χ2n) is 7.30. The van der Waals surface area contributed by atoms with E-state index < -0.39 is 17.2 Å². The van der Waals surface area contributed by atoms with Crippen LogP contribution >= 0.6 is 0 Å². The summed E-state index contributed by atoms with van der Waals surface area (Å²) in [6.07, 6.45) is 8.89. The molecular formula is C21H24F2N2O2. The Hall–Kier alpha value is -2.50. The summed E-state index contributed by atoms with van der Waals surface area (Å²) >= 11 is 0. The van der Waals surface area contributed by atoms with Gasteiger partial charge in [0.25, 0.3) is 5.56 Å². The standard InChI is InChI=1S/C21H24F2N2O2/c1-2-3-13-4-6-14(7-5-13)8-10-16-20(26)24-19(25-21(16)27)15-9-11-17(22)18(23)12-15/h2,9,11-14H,1,3-8,10H2,(H2,24,25,26,27). The summed E-state index contributed by atoms with van der Waals surface area (Å²) < 4.78 is 26.4. The minimum atomic E-state index is -1.04. The van der Waals surface area contributed by atoms with Gasteiger partial charge in [-0.15, -0.1) is 6.58 Å². The van der Waals surface area contributed by atoms with Crippen LogP contribution in [0.4, 0.5) is 8.78 Å². The quantitative estimate of drug-likeness (QED) is 0.718. The normalized spacial score (nSPS) is 19.8. The van der Waals surface area contributed by atoms with E-state index >= 15 is 0 Å². The average Bonchev–Trinajstić information content (AvgIpc) is 2.64. The molecule has 0 aliphatic heterocycles. The number of allylic oxidation sites excluding steroid dienone is 1. The predicted octanol–water partition coefficient (Wildman–Crippen LogP) is 4.74. The second kappa shape index (κ2) is 8.46. The molecule has 0 atom stereocenters. The molecule has 1 aliphatic rings. The monoisotopic (exact) mass is 374 g/mol. The number of halogens is 2. The number of rotatable bonds is 6. The number of hydrogen-bond acceptors (Lipinski definition) is 3. The average molecular weight is 374 g/mol. The van der Waals surface area contributed by atoms with E-state index in [4.69, 9.17) is 0 Å². The Morgan fingerprint density at radius 2 is 1.89 bits per heavy atom. The lowest BCUT2D eigenvalue weighted by atomic mass is 9.78. The summed E-state index contributed by atoms with van der Waals surface area (Å²) in [5, 5.41) is 10.2. The molecule has 144 valence electrons. The zero-order chi connectivity index (χ0) is 19.4. The van der Waals surface area contributed by atoms with Crippen molar-refractivity contribution in [3.63, 3.8) is 0 Å². The molecule has 1 aliphatic carbocycles. The van der Waals surface area contributed by atoms with Crippen molar-refractivity contribution in [3.8, 4) is 17.3 Å². The summed E-state index contributed by atoms with van der Waals surface area (Å²) in [6.45, 7) is 3.79. The predicted molar refractivity (Wildman–Crippen MR) is 100 cm³/mol. The third-order valence-electron chi connectivity index (χ3n) is 5.46. The van der Waals surface area contributed by atoms with Gasteiger partial charge in [0.2, 0.25) is 5.88 Å². The molecule has 0 amide bonds. The van der Waals surface area contributed by atoms with Gasteiger partial charge >= 0.3 is 0 Å². The van der Waals surface area contributed by atoms with Gasteiger partial charge in [0, 0.05) is 5.56 Å². The Kier molecular flexibility index (Phi) is 6.04. The van der Waals surface area contributed by atoms with Gasteiger partial charge in [-0.25, -0.2) is 8.78 Å². The molecule has 3 rings (SSSR count). The largest absolute Gasteiger partial charge is 0.493 e. The Morgan fingerprint density at radius 1 is 1.19 bits per heavy atom. The van der Waals surface area contributed by atoms with E-state index in [1.54, 1.807) is 0 Å². The zero-order valence-corrected chi connectivity index (χ0v) is 15.2. The molecule has 27 heavy (non-hydrogen) atoms. The van der Waals surface area contributed by atoms with Crippen molar-refractivity contribution in [2.45, 2.75) is 44.9 Å². The zero-order valence-electron chi connectivity index (χ0n) is 15.2. The third kappa shape index (κ3) is 4.62. The highest BCUT2D eigenvalue weighted by Gasteiger charge is 2.21. The Bertz CT molecular complexity index is 871. The summed E-state index contributed by atoms with van der Waals surface area (Å²) in [5.74, 6) is -1.09. The van der Waals surface area contributed by atoms with Crippen molar-refractivity contribution in [2.75, 3.05) is 0 Å². The smallest absolute Gasteiger partial charge is 0.258 e. The molecule has 1 heterocycles. The van der Waals surface area contributed by atoms with Gasteiger partial charge in [0.1, 0.15) is 5.82 Å². The van der Waals surface area contributed by atoms with Gasteiger partial charge in [-0.3, -0.25) is 4.79 Å². The molecule has 1 fully saturated rings. The van der Waals surface area contributed by atoms with Crippen LogP contribution in [0.25, 0.3) is 11.4 Å². The highest BCUT2D eigenvalue weighted by molar-refractivity contribution is 5.55.